The van der Waals surface area contributed by atoms with Crippen molar-refractivity contribution in [3.05, 3.63) is 23.2 Å². The molecule has 0 heterocycles. The number of nitrogens with one attached hydrogen (secondary N) is 1. The molecule has 0 atom stereocenters. The van der Waals surface area contributed by atoms with E-state index in [1.54, 1.807) is 0 Å². The first-order valence-electron chi connectivity index (χ1n) is 6.28. The summed E-state index contributed by atoms with van der Waals surface area (Å²) in [6, 6.07) is 4.17. The van der Waals surface area contributed by atoms with Crippen LogP contribution in [0.25, 0.3) is 0 Å². The Kier molecular flexibility index (Phi) is 4.33. The van der Waals surface area contributed by atoms with E-state index in [-0.39, 0.29) is 21.2 Å². The third-order valence-electron chi connectivity index (χ3n) is 3.71. The molecule has 4 nitrogen and oxygen atoms in total. The van der Waals surface area contributed by atoms with Gasteiger partial charge in [-0.2, -0.15) is 0 Å². The van der Waals surface area contributed by atoms with Crippen molar-refractivity contribution < 1.29 is 13.2 Å². The lowest BCUT2D eigenvalue weighted by molar-refractivity contribution is -0.124. The zero-order valence-corrected chi connectivity index (χ0v) is 13.3. The lowest BCUT2D eigenvalue weighted by Crippen LogP contribution is -2.30. The van der Waals surface area contributed by atoms with Crippen LogP contribution in [-0.2, 0) is 13.8 Å². The predicted octanol–water partition coefficient (Wildman–Crippen LogP) is 3.79. The molecular weight excluding hydrogens is 321 g/mol. The summed E-state index contributed by atoms with van der Waals surface area (Å²) in [4.78, 5) is 12.1. The van der Waals surface area contributed by atoms with Crippen LogP contribution in [0.4, 0.5) is 5.69 Å². The molecule has 1 fully saturated rings. The Labute approximate surface area is 127 Å². The van der Waals surface area contributed by atoms with Crippen LogP contribution < -0.4 is 5.32 Å². The van der Waals surface area contributed by atoms with Gasteiger partial charge in [-0.05, 0) is 31.0 Å². The summed E-state index contributed by atoms with van der Waals surface area (Å²) in [6.07, 6.45) is 3.82. The molecule has 20 heavy (non-hydrogen) atoms. The molecule has 0 unspecified atom stereocenters. The van der Waals surface area contributed by atoms with E-state index < -0.39 is 9.05 Å². The largest absolute Gasteiger partial charge is 0.326 e. The van der Waals surface area contributed by atoms with Gasteiger partial charge in [0.05, 0.1) is 5.02 Å². The summed E-state index contributed by atoms with van der Waals surface area (Å²) in [6.45, 7) is 1.94. The summed E-state index contributed by atoms with van der Waals surface area (Å²) >= 11 is 5.88. The normalized spacial score (nSPS) is 17.9. The quantitative estimate of drug-likeness (QED) is 0.854. The Hall–Kier alpha value is -0.780. The average Bonchev–Trinajstić information content (AvgIpc) is 2.76. The molecule has 0 saturated heterocycles. The van der Waals surface area contributed by atoms with E-state index in [1.165, 1.54) is 18.2 Å². The van der Waals surface area contributed by atoms with Crippen molar-refractivity contribution in [1.82, 2.24) is 0 Å². The third-order valence-corrected chi connectivity index (χ3v) is 5.51. The van der Waals surface area contributed by atoms with Gasteiger partial charge in [-0.15, -0.1) is 0 Å². The van der Waals surface area contributed by atoms with E-state index in [1.807, 2.05) is 6.92 Å². The molecule has 1 aliphatic rings. The summed E-state index contributed by atoms with van der Waals surface area (Å²) in [5.74, 6) is -0.0625. The fourth-order valence-electron chi connectivity index (χ4n) is 2.44. The Morgan fingerprint density at radius 1 is 1.30 bits per heavy atom. The van der Waals surface area contributed by atoms with Crippen molar-refractivity contribution in [2.75, 3.05) is 5.32 Å². The second kappa shape index (κ2) is 5.54. The number of anilines is 1. The molecule has 7 heteroatoms. The molecule has 1 saturated carbocycles. The van der Waals surface area contributed by atoms with Crippen LogP contribution in [0.1, 0.15) is 32.6 Å². The number of benzene rings is 1. The number of carbonyl (C=O) groups excluding carboxylic acids is 1. The van der Waals surface area contributed by atoms with Gasteiger partial charge in [0.15, 0.2) is 0 Å². The maximum absolute atomic E-state index is 12.2. The van der Waals surface area contributed by atoms with Crippen molar-refractivity contribution in [1.29, 1.82) is 0 Å². The maximum atomic E-state index is 12.2. The van der Waals surface area contributed by atoms with Crippen LogP contribution in [0.3, 0.4) is 0 Å². The molecule has 1 aromatic carbocycles. The highest BCUT2D eigenvalue weighted by Crippen LogP contribution is 2.38. The molecule has 0 aliphatic heterocycles. The van der Waals surface area contributed by atoms with Gasteiger partial charge in [-0.3, -0.25) is 4.79 Å². The molecule has 1 amide bonds. The minimum atomic E-state index is -3.88. The van der Waals surface area contributed by atoms with Gasteiger partial charge in [0.25, 0.3) is 9.05 Å². The zero-order valence-electron chi connectivity index (χ0n) is 10.9. The standard InChI is InChI=1S/C13H15Cl2NO3S/c1-13(6-2-3-7-13)12(17)16-9-4-5-11(10(14)8-9)20(15,18)19/h4-5,8H,2-3,6-7H2,1H3,(H,16,17). The zero-order chi connectivity index (χ0) is 15.0. The van der Waals surface area contributed by atoms with Gasteiger partial charge < -0.3 is 5.32 Å². The van der Waals surface area contributed by atoms with E-state index in [0.29, 0.717) is 5.69 Å². The van der Waals surface area contributed by atoms with Crippen molar-refractivity contribution in [2.24, 2.45) is 5.41 Å². The van der Waals surface area contributed by atoms with Crippen LogP contribution in [0, 0.1) is 5.41 Å². The lowest BCUT2D eigenvalue weighted by Gasteiger charge is -2.22. The number of carbonyl (C=O) groups is 1. The molecule has 1 aliphatic carbocycles. The summed E-state index contributed by atoms with van der Waals surface area (Å²) < 4.78 is 22.5. The summed E-state index contributed by atoms with van der Waals surface area (Å²) in [5.41, 5.74) is 0.112. The van der Waals surface area contributed by atoms with Gasteiger partial charge in [0.2, 0.25) is 5.91 Å². The minimum Gasteiger partial charge on any atom is -0.326 e. The highest BCUT2D eigenvalue weighted by Gasteiger charge is 2.36. The molecule has 1 N–H and O–H groups in total. The van der Waals surface area contributed by atoms with E-state index in [4.69, 9.17) is 22.3 Å². The second-order valence-electron chi connectivity index (χ2n) is 5.30. The lowest BCUT2D eigenvalue weighted by atomic mass is 9.88. The van der Waals surface area contributed by atoms with Crippen LogP contribution in [0.2, 0.25) is 5.02 Å². The summed E-state index contributed by atoms with van der Waals surface area (Å²) in [7, 11) is 1.37. The van der Waals surface area contributed by atoms with Crippen LogP contribution in [0.5, 0.6) is 0 Å². The SMILES string of the molecule is CC1(C(=O)Nc2ccc(S(=O)(=O)Cl)c(Cl)c2)CCCC1. The highest BCUT2D eigenvalue weighted by atomic mass is 35.7. The average molecular weight is 336 g/mol. The smallest absolute Gasteiger partial charge is 0.262 e. The Morgan fingerprint density at radius 3 is 2.40 bits per heavy atom. The highest BCUT2D eigenvalue weighted by molar-refractivity contribution is 8.13. The molecule has 0 spiro atoms. The van der Waals surface area contributed by atoms with Crippen molar-refractivity contribution >= 4 is 42.9 Å². The molecular formula is C13H15Cl2NO3S. The first-order valence-corrected chi connectivity index (χ1v) is 8.97. The maximum Gasteiger partial charge on any atom is 0.262 e. The Balaban J connectivity index is 2.19. The van der Waals surface area contributed by atoms with E-state index in [2.05, 4.69) is 5.32 Å². The Bertz CT molecular complexity index is 637. The molecule has 0 bridgehead atoms. The number of amides is 1. The van der Waals surface area contributed by atoms with E-state index in [9.17, 15) is 13.2 Å². The third kappa shape index (κ3) is 3.27. The molecule has 0 aromatic heterocycles. The minimum absolute atomic E-state index is 0.00521. The van der Waals surface area contributed by atoms with Gasteiger partial charge >= 0.3 is 0 Å². The molecule has 1 aromatic rings. The fraction of sp³-hybridized carbons (Fsp3) is 0.462. The summed E-state index contributed by atoms with van der Waals surface area (Å²) in [5, 5.41) is 2.78. The second-order valence-corrected chi connectivity index (χ2v) is 8.25. The topological polar surface area (TPSA) is 63.2 Å². The predicted molar refractivity (Wildman–Crippen MR) is 79.7 cm³/mol. The van der Waals surface area contributed by atoms with Gasteiger partial charge in [-0.25, -0.2) is 8.42 Å². The van der Waals surface area contributed by atoms with Crippen LogP contribution >= 0.6 is 22.3 Å². The monoisotopic (exact) mass is 335 g/mol. The van der Waals surface area contributed by atoms with Crippen molar-refractivity contribution in [2.45, 2.75) is 37.5 Å². The Morgan fingerprint density at radius 2 is 1.90 bits per heavy atom. The van der Waals surface area contributed by atoms with Gasteiger partial charge in [0.1, 0.15) is 4.90 Å². The molecule has 0 radical (unpaired) electrons. The van der Waals surface area contributed by atoms with Crippen LogP contribution in [0.15, 0.2) is 23.1 Å². The number of halogens is 2. The van der Waals surface area contributed by atoms with E-state index in [0.717, 1.165) is 25.7 Å². The van der Waals surface area contributed by atoms with E-state index >= 15 is 0 Å². The number of hydrogen-bond acceptors (Lipinski definition) is 3. The van der Waals surface area contributed by atoms with Crippen LogP contribution in [-0.4, -0.2) is 14.3 Å². The van der Waals surface area contributed by atoms with Gasteiger partial charge in [0, 0.05) is 21.8 Å². The van der Waals surface area contributed by atoms with Gasteiger partial charge in [-0.1, -0.05) is 31.4 Å². The molecule has 110 valence electrons. The van der Waals surface area contributed by atoms with Crippen molar-refractivity contribution in [3.63, 3.8) is 0 Å². The first kappa shape index (κ1) is 15.6. The number of rotatable bonds is 3. The van der Waals surface area contributed by atoms with Crippen molar-refractivity contribution in [3.8, 4) is 0 Å². The fourth-order valence-corrected chi connectivity index (χ4v) is 3.97. The molecule has 2 rings (SSSR count). The number of hydrogen-bond donors (Lipinski definition) is 1. The first-order chi connectivity index (χ1) is 9.22.